The summed E-state index contributed by atoms with van der Waals surface area (Å²) < 4.78 is 5.83. The molecular formula is C34H39N3O5. The predicted molar refractivity (Wildman–Crippen MR) is 161 cm³/mol. The Balaban J connectivity index is 1.25. The number of alkyl carbamates (subject to hydrolysis) is 1. The van der Waals surface area contributed by atoms with Crippen molar-refractivity contribution in [1.82, 2.24) is 15.5 Å². The zero-order valence-electron chi connectivity index (χ0n) is 24.1. The number of carbonyl (C=O) groups is 3. The maximum atomic E-state index is 13.7. The van der Waals surface area contributed by atoms with Gasteiger partial charge in [0.25, 0.3) is 0 Å². The topological polar surface area (TPSA) is 108 Å². The van der Waals surface area contributed by atoms with E-state index in [9.17, 15) is 14.4 Å². The summed E-state index contributed by atoms with van der Waals surface area (Å²) in [4.78, 5) is 40.2. The number of hydrogen-bond acceptors (Lipinski definition) is 5. The largest absolute Gasteiger partial charge is 0.481 e. The highest BCUT2D eigenvalue weighted by Crippen LogP contribution is 2.44. The Morgan fingerprint density at radius 3 is 2.14 bits per heavy atom. The number of amides is 2. The van der Waals surface area contributed by atoms with Crippen LogP contribution in [0.3, 0.4) is 0 Å². The number of carboxylic acids is 1. The average Bonchev–Trinajstić information content (AvgIpc) is 3.31. The summed E-state index contributed by atoms with van der Waals surface area (Å²) >= 11 is 0. The van der Waals surface area contributed by atoms with Crippen molar-refractivity contribution in [3.8, 4) is 11.1 Å². The van der Waals surface area contributed by atoms with Gasteiger partial charge < -0.3 is 20.5 Å². The van der Waals surface area contributed by atoms with E-state index >= 15 is 0 Å². The van der Waals surface area contributed by atoms with Crippen LogP contribution >= 0.6 is 0 Å². The lowest BCUT2D eigenvalue weighted by molar-refractivity contribution is -0.137. The van der Waals surface area contributed by atoms with Gasteiger partial charge in [-0.25, -0.2) is 4.79 Å². The van der Waals surface area contributed by atoms with Crippen molar-refractivity contribution in [2.45, 2.75) is 63.1 Å². The lowest BCUT2D eigenvalue weighted by atomic mass is 9.86. The van der Waals surface area contributed by atoms with Gasteiger partial charge in [-0.1, -0.05) is 78.9 Å². The number of nitrogens with one attached hydrogen (secondary N) is 2. The third kappa shape index (κ3) is 6.82. The third-order valence-corrected chi connectivity index (χ3v) is 8.48. The maximum Gasteiger partial charge on any atom is 0.408 e. The van der Waals surface area contributed by atoms with Gasteiger partial charge >= 0.3 is 12.1 Å². The van der Waals surface area contributed by atoms with Crippen molar-refractivity contribution in [2.75, 3.05) is 19.7 Å². The van der Waals surface area contributed by atoms with Crippen LogP contribution < -0.4 is 10.6 Å². The highest BCUT2D eigenvalue weighted by molar-refractivity contribution is 5.90. The van der Waals surface area contributed by atoms with Crippen molar-refractivity contribution in [3.05, 3.63) is 95.6 Å². The highest BCUT2D eigenvalue weighted by atomic mass is 16.5. The Morgan fingerprint density at radius 2 is 1.52 bits per heavy atom. The van der Waals surface area contributed by atoms with Gasteiger partial charge in [-0.2, -0.15) is 0 Å². The molecule has 3 aromatic rings. The molecule has 1 aliphatic carbocycles. The molecule has 2 amide bonds. The van der Waals surface area contributed by atoms with E-state index in [4.69, 9.17) is 9.84 Å². The van der Waals surface area contributed by atoms with Gasteiger partial charge in [0, 0.05) is 38.0 Å². The number of aliphatic carboxylic acids is 1. The molecule has 1 unspecified atom stereocenters. The van der Waals surface area contributed by atoms with Crippen LogP contribution in [0.25, 0.3) is 11.1 Å². The number of rotatable bonds is 11. The molecule has 8 nitrogen and oxygen atoms in total. The lowest BCUT2D eigenvalue weighted by Crippen LogP contribution is -2.64. The molecular weight excluding hydrogens is 530 g/mol. The van der Waals surface area contributed by atoms with Crippen LogP contribution in [-0.4, -0.2) is 59.3 Å². The van der Waals surface area contributed by atoms with Crippen LogP contribution in [0.4, 0.5) is 4.79 Å². The molecule has 0 aromatic heterocycles. The minimum atomic E-state index is -1.11. The van der Waals surface area contributed by atoms with E-state index in [1.165, 1.54) is 5.56 Å². The minimum Gasteiger partial charge on any atom is -0.481 e. The molecule has 5 rings (SSSR count). The number of fused-ring (bicyclic) bond motifs is 3. The van der Waals surface area contributed by atoms with Gasteiger partial charge in [-0.15, -0.1) is 0 Å². The summed E-state index contributed by atoms with van der Waals surface area (Å²) in [7, 11) is 0. The molecule has 1 aliphatic heterocycles. The standard InChI is InChI=1S/C34H39N3O5/c1-24(10-9-17-31(38)39)35-32(40)34(18-20-37(21-19-34)22-25-11-3-2-4-12-25)36-33(41)42-23-30-28-15-7-5-13-26(28)27-14-6-8-16-29(27)30/h2-8,11-16,24,30H,9-10,17-23H2,1H3,(H,35,40)(H,36,41)(H,38,39). The number of benzene rings is 3. The first-order valence-corrected chi connectivity index (χ1v) is 14.8. The Bertz CT molecular complexity index is 1360. The predicted octanol–water partition coefficient (Wildman–Crippen LogP) is 5.32. The first kappa shape index (κ1) is 29.3. The van der Waals surface area contributed by atoms with E-state index in [0.29, 0.717) is 38.8 Å². The van der Waals surface area contributed by atoms with Gasteiger partial charge in [0.2, 0.25) is 5.91 Å². The molecule has 1 heterocycles. The van der Waals surface area contributed by atoms with E-state index in [0.717, 1.165) is 28.8 Å². The summed E-state index contributed by atoms with van der Waals surface area (Å²) in [5.41, 5.74) is 4.65. The van der Waals surface area contributed by atoms with Gasteiger partial charge in [0.05, 0.1) is 0 Å². The van der Waals surface area contributed by atoms with E-state index in [2.05, 4.69) is 51.9 Å². The SMILES string of the molecule is CC(CCCC(=O)O)NC(=O)C1(NC(=O)OCC2c3ccccc3-c3ccccc32)CCN(Cc2ccccc2)CC1. The monoisotopic (exact) mass is 569 g/mol. The first-order chi connectivity index (χ1) is 20.3. The van der Waals surface area contributed by atoms with Crippen molar-refractivity contribution in [2.24, 2.45) is 0 Å². The Labute approximate surface area is 247 Å². The normalized spacial score (nSPS) is 16.6. The smallest absolute Gasteiger partial charge is 0.408 e. The molecule has 220 valence electrons. The number of likely N-dealkylation sites (tertiary alicyclic amines) is 1. The van der Waals surface area contributed by atoms with Crippen molar-refractivity contribution in [1.29, 1.82) is 0 Å². The zero-order chi connectivity index (χ0) is 29.5. The van der Waals surface area contributed by atoms with Gasteiger partial charge in [-0.3, -0.25) is 14.5 Å². The quantitative estimate of drug-likeness (QED) is 0.289. The number of ether oxygens (including phenoxy) is 1. The number of hydrogen-bond donors (Lipinski definition) is 3. The average molecular weight is 570 g/mol. The molecule has 0 radical (unpaired) electrons. The van der Waals surface area contributed by atoms with Crippen LogP contribution in [-0.2, 0) is 20.9 Å². The number of nitrogens with zero attached hydrogens (tertiary/aromatic N) is 1. The molecule has 0 spiro atoms. The van der Waals surface area contributed by atoms with E-state index in [-0.39, 0.29) is 30.9 Å². The second-order valence-corrected chi connectivity index (χ2v) is 11.5. The molecule has 42 heavy (non-hydrogen) atoms. The van der Waals surface area contributed by atoms with E-state index in [1.54, 1.807) is 0 Å². The van der Waals surface area contributed by atoms with E-state index < -0.39 is 17.6 Å². The van der Waals surface area contributed by atoms with Gasteiger partial charge in [0.1, 0.15) is 12.1 Å². The molecule has 1 saturated heterocycles. The van der Waals surface area contributed by atoms with Gasteiger partial charge in [0.15, 0.2) is 0 Å². The van der Waals surface area contributed by atoms with Crippen molar-refractivity contribution < 1.29 is 24.2 Å². The number of carbonyl (C=O) groups excluding carboxylic acids is 2. The Kier molecular flexibility index (Phi) is 9.22. The Morgan fingerprint density at radius 1 is 0.929 bits per heavy atom. The molecule has 0 saturated carbocycles. The minimum absolute atomic E-state index is 0.0534. The summed E-state index contributed by atoms with van der Waals surface area (Å²) in [6, 6.07) is 26.3. The maximum absolute atomic E-state index is 13.7. The summed E-state index contributed by atoms with van der Waals surface area (Å²) in [5, 5.41) is 15.0. The second-order valence-electron chi connectivity index (χ2n) is 11.5. The summed E-state index contributed by atoms with van der Waals surface area (Å²) in [5.74, 6) is -1.18. The molecule has 2 aliphatic rings. The second kappa shape index (κ2) is 13.2. The Hall–Kier alpha value is -4.17. The summed E-state index contributed by atoms with van der Waals surface area (Å²) in [6.45, 7) is 4.09. The number of piperidine rings is 1. The molecule has 1 fully saturated rings. The first-order valence-electron chi connectivity index (χ1n) is 14.8. The van der Waals surface area contributed by atoms with Crippen LogP contribution in [0.15, 0.2) is 78.9 Å². The van der Waals surface area contributed by atoms with Crippen LogP contribution in [0.1, 0.15) is 61.6 Å². The highest BCUT2D eigenvalue weighted by Gasteiger charge is 2.44. The van der Waals surface area contributed by atoms with Crippen LogP contribution in [0.5, 0.6) is 0 Å². The fourth-order valence-electron chi connectivity index (χ4n) is 6.17. The molecule has 0 bridgehead atoms. The zero-order valence-corrected chi connectivity index (χ0v) is 24.1. The van der Waals surface area contributed by atoms with Crippen LogP contribution in [0.2, 0.25) is 0 Å². The van der Waals surface area contributed by atoms with E-state index in [1.807, 2.05) is 49.4 Å². The molecule has 3 aromatic carbocycles. The molecule has 1 atom stereocenters. The van der Waals surface area contributed by atoms with Crippen molar-refractivity contribution in [3.63, 3.8) is 0 Å². The molecule has 8 heteroatoms. The molecule has 3 N–H and O–H groups in total. The summed E-state index contributed by atoms with van der Waals surface area (Å²) in [6.07, 6.45) is 1.34. The lowest BCUT2D eigenvalue weighted by Gasteiger charge is -2.41. The fraction of sp³-hybridized carbons (Fsp3) is 0.382. The fourth-order valence-corrected chi connectivity index (χ4v) is 6.17. The third-order valence-electron chi connectivity index (χ3n) is 8.48. The van der Waals surface area contributed by atoms with Crippen molar-refractivity contribution >= 4 is 18.0 Å². The number of carboxylic acid groups (broad SMARTS) is 1. The van der Waals surface area contributed by atoms with Gasteiger partial charge in [-0.05, 0) is 60.4 Å². The van der Waals surface area contributed by atoms with Crippen LogP contribution in [0, 0.1) is 0 Å².